The molecule has 0 spiro atoms. The van der Waals surface area contributed by atoms with E-state index in [1.165, 1.54) is 6.92 Å². The number of carboxylic acids is 1. The predicted octanol–water partition coefficient (Wildman–Crippen LogP) is 4.38. The molecule has 1 saturated heterocycles. The van der Waals surface area contributed by atoms with Gasteiger partial charge in [0.25, 0.3) is 0 Å². The lowest BCUT2D eigenvalue weighted by molar-refractivity contribution is -0.144. The molecule has 1 amide bonds. The molecule has 7 nitrogen and oxygen atoms in total. The van der Waals surface area contributed by atoms with Crippen LogP contribution in [0.3, 0.4) is 0 Å². The molecule has 2 heterocycles. The Morgan fingerprint density at radius 3 is 2.53 bits per heavy atom. The summed E-state index contributed by atoms with van der Waals surface area (Å²) in [5.74, 6) is -1.04. The van der Waals surface area contributed by atoms with Crippen molar-refractivity contribution in [3.8, 4) is 0 Å². The zero-order valence-corrected chi connectivity index (χ0v) is 19.1. The Balaban J connectivity index is 1.48. The first-order chi connectivity index (χ1) is 15.3. The van der Waals surface area contributed by atoms with Gasteiger partial charge in [-0.25, -0.2) is 0 Å². The number of rotatable bonds is 6. The van der Waals surface area contributed by atoms with Crippen LogP contribution in [0.5, 0.6) is 0 Å². The summed E-state index contributed by atoms with van der Waals surface area (Å²) in [5.41, 5.74) is 3.18. The highest BCUT2D eigenvalue weighted by molar-refractivity contribution is 6.35. The van der Waals surface area contributed by atoms with Crippen LogP contribution in [0.15, 0.2) is 42.6 Å². The Hall–Kier alpha value is -2.58. The van der Waals surface area contributed by atoms with Crippen molar-refractivity contribution in [1.82, 2.24) is 14.8 Å². The smallest absolute Gasteiger partial charge is 0.325 e. The van der Waals surface area contributed by atoms with Gasteiger partial charge in [0.2, 0.25) is 5.91 Å². The van der Waals surface area contributed by atoms with Gasteiger partial charge in [0.15, 0.2) is 0 Å². The molecule has 9 heteroatoms. The fourth-order valence-corrected chi connectivity index (χ4v) is 4.68. The minimum Gasteiger partial charge on any atom is -0.480 e. The van der Waals surface area contributed by atoms with Crippen LogP contribution in [-0.2, 0) is 16.1 Å². The Bertz CT molecular complexity index is 1160. The first-order valence-corrected chi connectivity index (χ1v) is 11.1. The first kappa shape index (κ1) is 22.6. The Labute approximate surface area is 195 Å². The number of amides is 1. The molecule has 3 aromatic rings. The van der Waals surface area contributed by atoms with Crippen LogP contribution in [-0.4, -0.2) is 57.9 Å². The summed E-state index contributed by atoms with van der Waals surface area (Å²) in [4.78, 5) is 31.0. The maximum Gasteiger partial charge on any atom is 0.325 e. The normalized spacial score (nSPS) is 16.2. The van der Waals surface area contributed by atoms with Gasteiger partial charge in [-0.3, -0.25) is 19.4 Å². The third kappa shape index (κ3) is 4.91. The van der Waals surface area contributed by atoms with Gasteiger partial charge in [0.05, 0.1) is 0 Å². The molecular weight excluding hydrogens is 451 g/mol. The molecule has 3 N–H and O–H groups in total. The molecule has 0 aliphatic carbocycles. The van der Waals surface area contributed by atoms with Crippen LogP contribution in [0.4, 0.5) is 5.69 Å². The number of aromatic nitrogens is 1. The molecule has 0 radical (unpaired) electrons. The Kier molecular flexibility index (Phi) is 6.71. The first-order valence-electron chi connectivity index (χ1n) is 10.3. The highest BCUT2D eigenvalue weighted by atomic mass is 35.5. The van der Waals surface area contributed by atoms with Crippen LogP contribution in [0.2, 0.25) is 10.0 Å². The lowest BCUT2D eigenvalue weighted by Gasteiger charge is -2.37. The number of piperazine rings is 1. The molecule has 1 fully saturated rings. The molecular formula is C23H24Cl2N4O3. The van der Waals surface area contributed by atoms with Crippen LogP contribution in [0.25, 0.3) is 10.9 Å². The molecule has 0 unspecified atom stereocenters. The zero-order valence-electron chi connectivity index (χ0n) is 17.6. The molecule has 1 atom stereocenters. The van der Waals surface area contributed by atoms with Crippen LogP contribution in [0, 0.1) is 0 Å². The van der Waals surface area contributed by atoms with Crippen molar-refractivity contribution in [2.45, 2.75) is 19.5 Å². The number of anilines is 1. The number of H-pyrrole nitrogens is 1. The summed E-state index contributed by atoms with van der Waals surface area (Å²) in [6.07, 6.45) is 1.75. The summed E-state index contributed by atoms with van der Waals surface area (Å²) in [6, 6.07) is 10.2. The van der Waals surface area contributed by atoms with E-state index in [-0.39, 0.29) is 5.91 Å². The van der Waals surface area contributed by atoms with E-state index >= 15 is 0 Å². The van der Waals surface area contributed by atoms with Crippen molar-refractivity contribution in [1.29, 1.82) is 0 Å². The van der Waals surface area contributed by atoms with Crippen LogP contribution >= 0.6 is 23.2 Å². The van der Waals surface area contributed by atoms with Crippen molar-refractivity contribution >= 4 is 51.7 Å². The molecule has 0 bridgehead atoms. The van der Waals surface area contributed by atoms with Gasteiger partial charge in [-0.1, -0.05) is 35.3 Å². The molecule has 2 aromatic carbocycles. The molecule has 4 rings (SSSR count). The highest BCUT2D eigenvalue weighted by Crippen LogP contribution is 2.31. The summed E-state index contributed by atoms with van der Waals surface area (Å²) in [6.45, 7) is 4.86. The number of fused-ring (bicyclic) bond motifs is 1. The third-order valence-electron chi connectivity index (χ3n) is 5.74. The predicted molar refractivity (Wildman–Crippen MR) is 126 cm³/mol. The van der Waals surface area contributed by atoms with Crippen molar-refractivity contribution in [3.05, 3.63) is 63.8 Å². The average Bonchev–Trinajstić information content (AvgIpc) is 3.13. The lowest BCUT2D eigenvalue weighted by atomic mass is 10.0. The summed E-state index contributed by atoms with van der Waals surface area (Å²) in [7, 11) is 0. The molecule has 1 aliphatic rings. The van der Waals surface area contributed by atoms with Crippen LogP contribution in [0.1, 0.15) is 24.1 Å². The Morgan fingerprint density at radius 1 is 1.12 bits per heavy atom. The van der Waals surface area contributed by atoms with E-state index in [0.29, 0.717) is 35.4 Å². The summed E-state index contributed by atoms with van der Waals surface area (Å²) < 4.78 is 0. The van der Waals surface area contributed by atoms with Gasteiger partial charge in [0.1, 0.15) is 6.04 Å². The van der Waals surface area contributed by atoms with Crippen molar-refractivity contribution in [2.75, 3.05) is 31.5 Å². The molecule has 1 aromatic heterocycles. The maximum absolute atomic E-state index is 12.2. The monoisotopic (exact) mass is 474 g/mol. The number of hydrogen-bond acceptors (Lipinski definition) is 4. The standard InChI is InChI=1S/C23H24Cl2N4O3/c1-14(30)27-17-4-5-18-19(12-26-21(18)11-17)22(23(31)32)29-8-6-28(7-9-29)13-15-2-3-16(24)10-20(15)25/h2-5,10-12,22,26H,6-9,13H2,1H3,(H,27,30)(H,31,32)/t22-/m0/s1. The molecule has 1 aliphatic heterocycles. The van der Waals surface area contributed by atoms with Gasteiger partial charge in [-0.15, -0.1) is 0 Å². The topological polar surface area (TPSA) is 88.7 Å². The number of halogens is 2. The lowest BCUT2D eigenvalue weighted by Crippen LogP contribution is -2.48. The second-order valence-electron chi connectivity index (χ2n) is 7.97. The van der Waals surface area contributed by atoms with Crippen molar-refractivity contribution < 1.29 is 14.7 Å². The average molecular weight is 475 g/mol. The van der Waals surface area contributed by atoms with Gasteiger partial charge in [0, 0.05) is 78.0 Å². The highest BCUT2D eigenvalue weighted by Gasteiger charge is 2.32. The van der Waals surface area contributed by atoms with E-state index in [1.807, 2.05) is 29.2 Å². The Morgan fingerprint density at radius 2 is 1.88 bits per heavy atom. The maximum atomic E-state index is 12.2. The van der Waals surface area contributed by atoms with Gasteiger partial charge >= 0.3 is 5.97 Å². The number of aromatic amines is 1. The number of carbonyl (C=O) groups excluding carboxylic acids is 1. The van der Waals surface area contributed by atoms with E-state index in [2.05, 4.69) is 15.2 Å². The van der Waals surface area contributed by atoms with Gasteiger partial charge in [-0.2, -0.15) is 0 Å². The number of nitrogens with one attached hydrogen (secondary N) is 2. The molecule has 32 heavy (non-hydrogen) atoms. The number of hydrogen-bond donors (Lipinski definition) is 3. The number of aliphatic carboxylic acids is 1. The van der Waals surface area contributed by atoms with Gasteiger partial charge in [-0.05, 0) is 29.8 Å². The van der Waals surface area contributed by atoms with E-state index in [0.717, 1.165) is 35.1 Å². The van der Waals surface area contributed by atoms with E-state index < -0.39 is 12.0 Å². The van der Waals surface area contributed by atoms with E-state index in [1.54, 1.807) is 18.3 Å². The summed E-state index contributed by atoms with van der Waals surface area (Å²) in [5, 5.41) is 14.9. The van der Waals surface area contributed by atoms with Crippen molar-refractivity contribution in [3.63, 3.8) is 0 Å². The van der Waals surface area contributed by atoms with E-state index in [9.17, 15) is 14.7 Å². The second-order valence-corrected chi connectivity index (χ2v) is 8.82. The molecule has 0 saturated carbocycles. The fourth-order valence-electron chi connectivity index (χ4n) is 4.21. The fraction of sp³-hybridized carbons (Fsp3) is 0.304. The second kappa shape index (κ2) is 9.50. The van der Waals surface area contributed by atoms with E-state index in [4.69, 9.17) is 23.2 Å². The SMILES string of the molecule is CC(=O)Nc1ccc2c([C@@H](C(=O)O)N3CCN(Cc4ccc(Cl)cc4Cl)CC3)c[nH]c2c1. The number of benzene rings is 2. The quantitative estimate of drug-likeness (QED) is 0.493. The number of carbonyl (C=O) groups is 2. The van der Waals surface area contributed by atoms with Gasteiger partial charge < -0.3 is 15.4 Å². The number of carboxylic acid groups (broad SMARTS) is 1. The minimum atomic E-state index is -0.883. The van der Waals surface area contributed by atoms with Crippen molar-refractivity contribution in [2.24, 2.45) is 0 Å². The zero-order chi connectivity index (χ0) is 22.8. The largest absolute Gasteiger partial charge is 0.480 e. The number of nitrogens with zero attached hydrogens (tertiary/aromatic N) is 2. The summed E-state index contributed by atoms with van der Waals surface area (Å²) >= 11 is 12.3. The van der Waals surface area contributed by atoms with Crippen LogP contribution < -0.4 is 5.32 Å². The minimum absolute atomic E-state index is 0.155. The third-order valence-corrected chi connectivity index (χ3v) is 6.33. The molecule has 168 valence electrons.